The van der Waals surface area contributed by atoms with Crippen molar-refractivity contribution in [2.75, 3.05) is 0 Å². The van der Waals surface area contributed by atoms with Crippen LogP contribution in [0.2, 0.25) is 0 Å². The molecule has 3 heteroatoms. The molecule has 0 N–H and O–H groups in total. The highest BCUT2D eigenvalue weighted by Crippen LogP contribution is 1.99. The predicted octanol–water partition coefficient (Wildman–Crippen LogP) is 5.66. The van der Waals surface area contributed by atoms with Crippen molar-refractivity contribution in [3.8, 4) is 0 Å². The zero-order chi connectivity index (χ0) is 7.66. The monoisotopic (exact) mass is 380 g/mol. The van der Waals surface area contributed by atoms with Crippen LogP contribution in [-0.4, -0.2) is 0 Å². The molecule has 0 aliphatic carbocycles. The Bertz CT molecular complexity index is 72.2. The Morgan fingerprint density at radius 1 is 0.692 bits per heavy atom. The van der Waals surface area contributed by atoms with Crippen molar-refractivity contribution < 1.29 is 0 Å². The van der Waals surface area contributed by atoms with Gasteiger partial charge in [-0.25, -0.2) is 0 Å². The summed E-state index contributed by atoms with van der Waals surface area (Å²) in [6, 6.07) is 0. The van der Waals surface area contributed by atoms with Gasteiger partial charge in [0.15, 0.2) is 0 Å². The van der Waals surface area contributed by atoms with E-state index < -0.39 is 0 Å². The van der Waals surface area contributed by atoms with Crippen LogP contribution in [0.15, 0.2) is 12.2 Å². The van der Waals surface area contributed by atoms with Gasteiger partial charge in [-0.05, 0) is 12.8 Å². The van der Waals surface area contributed by atoms with Crippen molar-refractivity contribution in [3.05, 3.63) is 12.2 Å². The molecule has 0 aromatic carbocycles. The number of rotatable bonds is 6. The number of unbranched alkanes of at least 4 members (excludes halogenated alkanes) is 4. The van der Waals surface area contributed by atoms with E-state index in [0.29, 0.717) is 0 Å². The van der Waals surface area contributed by atoms with E-state index >= 15 is 0 Å². The van der Waals surface area contributed by atoms with Gasteiger partial charge in [0.25, 0.3) is 0 Å². The average molecular weight is 383 g/mol. The van der Waals surface area contributed by atoms with Crippen molar-refractivity contribution in [2.24, 2.45) is 0 Å². The lowest BCUT2D eigenvalue weighted by Crippen LogP contribution is -1.69. The second-order valence-corrected chi connectivity index (χ2v) is 2.76. The second-order valence-electron chi connectivity index (χ2n) is 2.76. The minimum Gasteiger partial charge on any atom is -0.114 e. The molecular weight excluding hydrogens is 360 g/mol. The van der Waals surface area contributed by atoms with E-state index in [1.54, 1.807) is 0 Å². The van der Waals surface area contributed by atoms with Crippen molar-refractivity contribution in [1.82, 2.24) is 0 Å². The highest BCUT2D eigenvalue weighted by Gasteiger charge is 1.78. The maximum atomic E-state index is 2.32. The quantitative estimate of drug-likeness (QED) is 0.411. The summed E-state index contributed by atoms with van der Waals surface area (Å²) in [5.41, 5.74) is 0. The summed E-state index contributed by atoms with van der Waals surface area (Å²) in [4.78, 5) is 0. The number of halogens is 3. The van der Waals surface area contributed by atoms with Crippen LogP contribution in [0.1, 0.15) is 52.4 Å². The minimum absolute atomic E-state index is 0. The van der Waals surface area contributed by atoms with Crippen molar-refractivity contribution in [2.45, 2.75) is 52.4 Å². The third-order valence-corrected chi connectivity index (χ3v) is 1.62. The van der Waals surface area contributed by atoms with Gasteiger partial charge in [0.1, 0.15) is 0 Å². The van der Waals surface area contributed by atoms with E-state index in [1.807, 2.05) is 0 Å². The zero-order valence-electron chi connectivity index (χ0n) is 8.62. The molecule has 84 valence electrons. The Labute approximate surface area is 115 Å². The second kappa shape index (κ2) is 23.2. The third-order valence-electron chi connectivity index (χ3n) is 1.62. The van der Waals surface area contributed by atoms with Crippen LogP contribution < -0.4 is 0 Å². The largest absolute Gasteiger partial charge is 0.114 e. The maximum Gasteiger partial charge on any atom is -0.0351 e. The molecule has 0 aliphatic rings. The van der Waals surface area contributed by atoms with Gasteiger partial charge in [-0.2, -0.15) is 0 Å². The van der Waals surface area contributed by atoms with Crippen molar-refractivity contribution >= 4 is 50.9 Å². The standard InChI is InChI=1S/C10H20.3BrH/c1-3-5-7-9-10-8-6-4-2;;;/h9-10H,3-8H2,1-2H3;3*1H. The van der Waals surface area contributed by atoms with Gasteiger partial charge in [0, 0.05) is 0 Å². The Morgan fingerprint density at radius 2 is 1.00 bits per heavy atom. The van der Waals surface area contributed by atoms with Gasteiger partial charge in [-0.15, -0.1) is 50.9 Å². The summed E-state index contributed by atoms with van der Waals surface area (Å²) >= 11 is 0. The van der Waals surface area contributed by atoms with E-state index in [1.165, 1.54) is 38.5 Å². The molecule has 0 bridgehead atoms. The Balaban J connectivity index is -0.000000135. The summed E-state index contributed by atoms with van der Waals surface area (Å²) in [5, 5.41) is 0. The first kappa shape index (κ1) is 23.8. The first-order valence-corrected chi connectivity index (χ1v) is 4.56. The third kappa shape index (κ3) is 24.6. The van der Waals surface area contributed by atoms with Crippen LogP contribution in [0.4, 0.5) is 0 Å². The smallest absolute Gasteiger partial charge is 0.0351 e. The summed E-state index contributed by atoms with van der Waals surface area (Å²) in [5.74, 6) is 0. The molecule has 0 nitrogen and oxygen atoms in total. The number of hydrogen-bond donors (Lipinski definition) is 0. The first-order chi connectivity index (χ1) is 4.91. The zero-order valence-corrected chi connectivity index (χ0v) is 13.8. The van der Waals surface area contributed by atoms with Gasteiger partial charge in [0.05, 0.1) is 0 Å². The van der Waals surface area contributed by atoms with Crippen LogP contribution in [0.5, 0.6) is 0 Å². The minimum atomic E-state index is 0. The van der Waals surface area contributed by atoms with Gasteiger partial charge in [-0.3, -0.25) is 0 Å². The molecule has 0 amide bonds. The molecule has 0 aliphatic heterocycles. The number of hydrogen-bond acceptors (Lipinski definition) is 0. The van der Waals surface area contributed by atoms with Gasteiger partial charge < -0.3 is 0 Å². The summed E-state index contributed by atoms with van der Waals surface area (Å²) in [7, 11) is 0. The topological polar surface area (TPSA) is 0 Å². The molecule has 0 atom stereocenters. The van der Waals surface area contributed by atoms with Gasteiger partial charge >= 0.3 is 0 Å². The SMILES string of the molecule is Br.Br.Br.CCCCC=CCCCC. The lowest BCUT2D eigenvalue weighted by atomic mass is 10.2. The van der Waals surface area contributed by atoms with E-state index in [0.717, 1.165) is 0 Å². The highest BCUT2D eigenvalue weighted by atomic mass is 79.9. The first-order valence-electron chi connectivity index (χ1n) is 4.56. The lowest BCUT2D eigenvalue weighted by molar-refractivity contribution is 0.793. The summed E-state index contributed by atoms with van der Waals surface area (Å²) in [6.45, 7) is 4.47. The van der Waals surface area contributed by atoms with E-state index in [-0.39, 0.29) is 50.9 Å². The Kier molecular flexibility index (Phi) is 42.4. The molecule has 0 heterocycles. The molecular formula is C10H23Br3. The molecule has 0 spiro atoms. The maximum absolute atomic E-state index is 2.32. The molecule has 0 aromatic rings. The molecule has 0 unspecified atom stereocenters. The fourth-order valence-electron chi connectivity index (χ4n) is 0.880. The predicted molar refractivity (Wildman–Crippen MR) is 79.2 cm³/mol. The molecule has 0 fully saturated rings. The molecule has 0 saturated carbocycles. The molecule has 0 aromatic heterocycles. The number of allylic oxidation sites excluding steroid dienone is 2. The van der Waals surface area contributed by atoms with E-state index in [2.05, 4.69) is 26.0 Å². The van der Waals surface area contributed by atoms with Crippen molar-refractivity contribution in [1.29, 1.82) is 0 Å². The van der Waals surface area contributed by atoms with Crippen LogP contribution in [0.25, 0.3) is 0 Å². The normalized spacial score (nSPS) is 8.46. The van der Waals surface area contributed by atoms with Crippen LogP contribution in [-0.2, 0) is 0 Å². The molecule has 13 heavy (non-hydrogen) atoms. The van der Waals surface area contributed by atoms with Crippen molar-refractivity contribution in [3.63, 3.8) is 0 Å². The summed E-state index contributed by atoms with van der Waals surface area (Å²) < 4.78 is 0. The van der Waals surface area contributed by atoms with Crippen LogP contribution in [0.3, 0.4) is 0 Å². The van der Waals surface area contributed by atoms with E-state index in [4.69, 9.17) is 0 Å². The van der Waals surface area contributed by atoms with Crippen LogP contribution in [0, 0.1) is 0 Å². The Morgan fingerprint density at radius 3 is 1.23 bits per heavy atom. The molecule has 0 rings (SSSR count). The fourth-order valence-corrected chi connectivity index (χ4v) is 0.880. The molecule has 0 radical (unpaired) electrons. The summed E-state index contributed by atoms with van der Waals surface area (Å²) in [6.07, 6.45) is 12.5. The average Bonchev–Trinajstić information content (AvgIpc) is 1.97. The fraction of sp³-hybridized carbons (Fsp3) is 0.800. The highest BCUT2D eigenvalue weighted by molar-refractivity contribution is 8.93. The van der Waals surface area contributed by atoms with E-state index in [9.17, 15) is 0 Å². The van der Waals surface area contributed by atoms with Gasteiger partial charge in [-0.1, -0.05) is 51.7 Å². The van der Waals surface area contributed by atoms with Gasteiger partial charge in [0.2, 0.25) is 0 Å². The lowest BCUT2D eigenvalue weighted by Gasteiger charge is -1.89. The molecule has 0 saturated heterocycles. The van der Waals surface area contributed by atoms with Crippen LogP contribution >= 0.6 is 50.9 Å². The Hall–Kier alpha value is 1.18.